The first-order valence-electron chi connectivity index (χ1n) is 5.83. The first-order valence-corrected chi connectivity index (χ1v) is 5.83. The second-order valence-corrected chi connectivity index (χ2v) is 4.43. The fourth-order valence-corrected chi connectivity index (χ4v) is 2.88. The quantitative estimate of drug-likeness (QED) is 0.714. The Balaban J connectivity index is 2.01. The van der Waals surface area contributed by atoms with Crippen LogP contribution in [0.15, 0.2) is 0 Å². The molecule has 1 heterocycles. The van der Waals surface area contributed by atoms with Crippen LogP contribution in [0.4, 0.5) is 0 Å². The van der Waals surface area contributed by atoms with Gasteiger partial charge in [0.25, 0.3) is 0 Å². The van der Waals surface area contributed by atoms with Gasteiger partial charge in [0.05, 0.1) is 6.54 Å². The summed E-state index contributed by atoms with van der Waals surface area (Å²) < 4.78 is 0. The molecule has 2 fully saturated rings. The van der Waals surface area contributed by atoms with E-state index in [0.29, 0.717) is 18.5 Å². The Hall–Kier alpha value is -0.570. The molecule has 2 rings (SSSR count). The van der Waals surface area contributed by atoms with Crippen LogP contribution in [0, 0.1) is 5.92 Å². The Bertz CT molecular complexity index is 217. The van der Waals surface area contributed by atoms with Gasteiger partial charge in [-0.05, 0) is 18.8 Å². The van der Waals surface area contributed by atoms with E-state index in [1.807, 2.05) is 0 Å². The van der Waals surface area contributed by atoms with E-state index >= 15 is 0 Å². The minimum absolute atomic E-state index is 0.307. The standard InChI is InChI=1S/C11H20N2O/c1-2-9-4-3-5-10(9)13-7-6-12-8-11(13)14/h9-10,12H,2-8H2,1H3. The molecule has 0 radical (unpaired) electrons. The Morgan fingerprint density at radius 1 is 1.50 bits per heavy atom. The molecule has 1 amide bonds. The molecule has 1 saturated heterocycles. The van der Waals surface area contributed by atoms with E-state index < -0.39 is 0 Å². The molecule has 2 aliphatic rings. The van der Waals surface area contributed by atoms with Crippen LogP contribution in [0.25, 0.3) is 0 Å². The van der Waals surface area contributed by atoms with E-state index in [0.717, 1.165) is 19.0 Å². The largest absolute Gasteiger partial charge is 0.337 e. The van der Waals surface area contributed by atoms with Crippen molar-refractivity contribution in [3.05, 3.63) is 0 Å². The van der Waals surface area contributed by atoms with Crippen molar-refractivity contribution < 1.29 is 4.79 Å². The maximum atomic E-state index is 11.7. The van der Waals surface area contributed by atoms with Crippen LogP contribution in [-0.4, -0.2) is 36.5 Å². The van der Waals surface area contributed by atoms with Crippen LogP contribution >= 0.6 is 0 Å². The lowest BCUT2D eigenvalue weighted by Gasteiger charge is -2.35. The van der Waals surface area contributed by atoms with Gasteiger partial charge in [0.1, 0.15) is 0 Å². The van der Waals surface area contributed by atoms with Gasteiger partial charge in [-0.3, -0.25) is 4.79 Å². The van der Waals surface area contributed by atoms with Crippen molar-refractivity contribution >= 4 is 5.91 Å². The summed E-state index contributed by atoms with van der Waals surface area (Å²) in [7, 11) is 0. The highest BCUT2D eigenvalue weighted by Crippen LogP contribution is 2.32. The highest BCUT2D eigenvalue weighted by atomic mass is 16.2. The minimum atomic E-state index is 0.307. The van der Waals surface area contributed by atoms with E-state index in [9.17, 15) is 4.79 Å². The van der Waals surface area contributed by atoms with Crippen molar-refractivity contribution in [1.82, 2.24) is 10.2 Å². The maximum Gasteiger partial charge on any atom is 0.236 e. The van der Waals surface area contributed by atoms with Gasteiger partial charge in [-0.15, -0.1) is 0 Å². The van der Waals surface area contributed by atoms with Crippen LogP contribution < -0.4 is 5.32 Å². The average Bonchev–Trinajstić information content (AvgIpc) is 2.66. The fraction of sp³-hybridized carbons (Fsp3) is 0.909. The number of hydrogen-bond acceptors (Lipinski definition) is 2. The zero-order chi connectivity index (χ0) is 9.97. The Labute approximate surface area is 85.8 Å². The average molecular weight is 196 g/mol. The summed E-state index contributed by atoms with van der Waals surface area (Å²) in [5.41, 5.74) is 0. The number of hydrogen-bond donors (Lipinski definition) is 1. The van der Waals surface area contributed by atoms with Crippen molar-refractivity contribution in [2.24, 2.45) is 5.92 Å². The van der Waals surface area contributed by atoms with E-state index in [1.54, 1.807) is 0 Å². The highest BCUT2D eigenvalue weighted by molar-refractivity contribution is 5.79. The van der Waals surface area contributed by atoms with Crippen LogP contribution in [0.1, 0.15) is 32.6 Å². The van der Waals surface area contributed by atoms with Gasteiger partial charge in [-0.1, -0.05) is 19.8 Å². The molecule has 0 bridgehead atoms. The van der Waals surface area contributed by atoms with Crippen molar-refractivity contribution in [2.45, 2.75) is 38.6 Å². The lowest BCUT2D eigenvalue weighted by Crippen LogP contribution is -2.53. The fourth-order valence-electron chi connectivity index (χ4n) is 2.88. The molecule has 2 unspecified atom stereocenters. The molecule has 1 aliphatic carbocycles. The Kier molecular flexibility index (Phi) is 3.06. The molecular formula is C11H20N2O. The molecule has 2 atom stereocenters. The third kappa shape index (κ3) is 1.78. The van der Waals surface area contributed by atoms with Gasteiger partial charge < -0.3 is 10.2 Å². The van der Waals surface area contributed by atoms with Crippen LogP contribution in [0.2, 0.25) is 0 Å². The molecular weight excluding hydrogens is 176 g/mol. The third-order valence-electron chi connectivity index (χ3n) is 3.67. The summed E-state index contributed by atoms with van der Waals surface area (Å²) in [6, 6.07) is 0.551. The predicted octanol–water partition coefficient (Wildman–Crippen LogP) is 0.997. The second kappa shape index (κ2) is 4.30. The summed E-state index contributed by atoms with van der Waals surface area (Å²) in [6.45, 7) is 4.68. The van der Waals surface area contributed by atoms with Crippen molar-refractivity contribution in [2.75, 3.05) is 19.6 Å². The summed E-state index contributed by atoms with van der Waals surface area (Å²) in [5, 5.41) is 3.13. The Morgan fingerprint density at radius 2 is 2.36 bits per heavy atom. The molecule has 1 N–H and O–H groups in total. The smallest absolute Gasteiger partial charge is 0.236 e. The number of carbonyl (C=O) groups excluding carboxylic acids is 1. The molecule has 0 aromatic heterocycles. The Morgan fingerprint density at radius 3 is 3.07 bits per heavy atom. The predicted molar refractivity (Wildman–Crippen MR) is 56.0 cm³/mol. The SMILES string of the molecule is CCC1CCCC1N1CCNCC1=O. The van der Waals surface area contributed by atoms with E-state index in [2.05, 4.69) is 17.1 Å². The van der Waals surface area contributed by atoms with Crippen LogP contribution in [0.3, 0.4) is 0 Å². The maximum absolute atomic E-state index is 11.7. The van der Waals surface area contributed by atoms with Gasteiger partial charge in [0, 0.05) is 19.1 Å². The van der Waals surface area contributed by atoms with Gasteiger partial charge >= 0.3 is 0 Å². The summed E-state index contributed by atoms with van der Waals surface area (Å²) in [4.78, 5) is 13.8. The van der Waals surface area contributed by atoms with Gasteiger partial charge in [-0.2, -0.15) is 0 Å². The lowest BCUT2D eigenvalue weighted by molar-refractivity contribution is -0.135. The van der Waals surface area contributed by atoms with E-state index in [1.165, 1.54) is 25.7 Å². The minimum Gasteiger partial charge on any atom is -0.337 e. The van der Waals surface area contributed by atoms with E-state index in [4.69, 9.17) is 0 Å². The number of rotatable bonds is 2. The molecule has 1 aliphatic heterocycles. The van der Waals surface area contributed by atoms with Gasteiger partial charge in [0.2, 0.25) is 5.91 Å². The zero-order valence-electron chi connectivity index (χ0n) is 8.96. The first-order chi connectivity index (χ1) is 6.83. The number of nitrogens with one attached hydrogen (secondary N) is 1. The monoisotopic (exact) mass is 196 g/mol. The third-order valence-corrected chi connectivity index (χ3v) is 3.67. The number of carbonyl (C=O) groups is 1. The molecule has 0 aromatic carbocycles. The highest BCUT2D eigenvalue weighted by Gasteiger charge is 2.34. The molecule has 1 saturated carbocycles. The zero-order valence-corrected chi connectivity index (χ0v) is 8.96. The summed E-state index contributed by atoms with van der Waals surface area (Å²) >= 11 is 0. The summed E-state index contributed by atoms with van der Waals surface area (Å²) in [6.07, 6.45) is 5.07. The molecule has 3 nitrogen and oxygen atoms in total. The summed E-state index contributed by atoms with van der Waals surface area (Å²) in [5.74, 6) is 1.07. The van der Waals surface area contributed by atoms with Gasteiger partial charge in [-0.25, -0.2) is 0 Å². The number of amides is 1. The van der Waals surface area contributed by atoms with Crippen LogP contribution in [-0.2, 0) is 4.79 Å². The van der Waals surface area contributed by atoms with Crippen molar-refractivity contribution in [1.29, 1.82) is 0 Å². The van der Waals surface area contributed by atoms with E-state index in [-0.39, 0.29) is 0 Å². The molecule has 0 spiro atoms. The number of nitrogens with zero attached hydrogens (tertiary/aromatic N) is 1. The van der Waals surface area contributed by atoms with Crippen molar-refractivity contribution in [3.8, 4) is 0 Å². The number of piperazine rings is 1. The lowest BCUT2D eigenvalue weighted by atomic mass is 9.98. The molecule has 80 valence electrons. The molecule has 3 heteroatoms. The molecule has 14 heavy (non-hydrogen) atoms. The van der Waals surface area contributed by atoms with Crippen LogP contribution in [0.5, 0.6) is 0 Å². The normalized spacial score (nSPS) is 33.8. The van der Waals surface area contributed by atoms with Crippen molar-refractivity contribution in [3.63, 3.8) is 0 Å². The first kappa shape index (κ1) is 9.97. The topological polar surface area (TPSA) is 32.3 Å². The van der Waals surface area contributed by atoms with Gasteiger partial charge in [0.15, 0.2) is 0 Å². The second-order valence-electron chi connectivity index (χ2n) is 4.43. The molecule has 0 aromatic rings.